The van der Waals surface area contributed by atoms with E-state index in [2.05, 4.69) is 0 Å². The second-order valence-electron chi connectivity index (χ2n) is 3.96. The fraction of sp³-hybridized carbons (Fsp3) is 0.455. The topological polar surface area (TPSA) is 52.3 Å². The van der Waals surface area contributed by atoms with Gasteiger partial charge in [-0.1, -0.05) is 11.6 Å². The summed E-state index contributed by atoms with van der Waals surface area (Å²) in [5, 5.41) is 0.438. The van der Waals surface area contributed by atoms with E-state index in [0.717, 1.165) is 0 Å². The molecule has 3 nitrogen and oxygen atoms in total. The van der Waals surface area contributed by atoms with Crippen molar-refractivity contribution < 1.29 is 8.95 Å². The standard InChI is InChI=1S/C11H14ClNO2S/c12-10-5-9(3-4-11(10)13)16(14)7-15-6-8-1-2-8/h3-5,8H,1-2,6-7,13H2. The van der Waals surface area contributed by atoms with Crippen molar-refractivity contribution in [3.8, 4) is 0 Å². The molecule has 1 aliphatic carbocycles. The van der Waals surface area contributed by atoms with Gasteiger partial charge in [0.2, 0.25) is 0 Å². The molecular formula is C11H14ClNO2S. The molecule has 1 unspecified atom stereocenters. The summed E-state index contributed by atoms with van der Waals surface area (Å²) in [6.07, 6.45) is 2.47. The molecule has 1 aromatic rings. The first-order valence-corrected chi connectivity index (χ1v) is 6.87. The van der Waals surface area contributed by atoms with Gasteiger partial charge in [0.1, 0.15) is 5.94 Å². The Morgan fingerprint density at radius 3 is 2.88 bits per heavy atom. The zero-order valence-electron chi connectivity index (χ0n) is 8.82. The first kappa shape index (κ1) is 11.9. The fourth-order valence-electron chi connectivity index (χ4n) is 1.29. The highest BCUT2D eigenvalue weighted by molar-refractivity contribution is 7.84. The Bertz CT molecular complexity index is 407. The molecule has 88 valence electrons. The van der Waals surface area contributed by atoms with E-state index in [1.54, 1.807) is 18.2 Å². The minimum absolute atomic E-state index is 0.233. The monoisotopic (exact) mass is 259 g/mol. The quantitative estimate of drug-likeness (QED) is 0.827. The molecule has 0 amide bonds. The lowest BCUT2D eigenvalue weighted by molar-refractivity contribution is 0.168. The molecule has 1 saturated carbocycles. The van der Waals surface area contributed by atoms with E-state index in [1.165, 1.54) is 12.8 Å². The van der Waals surface area contributed by atoms with Crippen LogP contribution in [-0.4, -0.2) is 16.8 Å². The number of benzene rings is 1. The molecule has 1 aliphatic rings. The van der Waals surface area contributed by atoms with E-state index < -0.39 is 10.8 Å². The van der Waals surface area contributed by atoms with Gasteiger partial charge < -0.3 is 10.5 Å². The Morgan fingerprint density at radius 2 is 2.25 bits per heavy atom. The Labute approximate surface area is 102 Å². The van der Waals surface area contributed by atoms with Crippen molar-refractivity contribution in [1.82, 2.24) is 0 Å². The largest absolute Gasteiger partial charge is 0.398 e. The summed E-state index contributed by atoms with van der Waals surface area (Å²) in [6.45, 7) is 0.717. The van der Waals surface area contributed by atoms with Gasteiger partial charge >= 0.3 is 0 Å². The number of nitrogen functional groups attached to an aromatic ring is 1. The van der Waals surface area contributed by atoms with E-state index in [4.69, 9.17) is 22.1 Å². The van der Waals surface area contributed by atoms with Gasteiger partial charge in [0, 0.05) is 4.90 Å². The van der Waals surface area contributed by atoms with Gasteiger partial charge in [0.05, 0.1) is 28.1 Å². The van der Waals surface area contributed by atoms with E-state index in [9.17, 15) is 4.21 Å². The average Bonchev–Trinajstić information content (AvgIpc) is 3.06. The summed E-state index contributed by atoms with van der Waals surface area (Å²) in [6, 6.07) is 5.02. The number of ether oxygens (including phenoxy) is 1. The van der Waals surface area contributed by atoms with Crippen molar-refractivity contribution in [2.45, 2.75) is 17.7 Å². The van der Waals surface area contributed by atoms with Crippen LogP contribution in [0.1, 0.15) is 12.8 Å². The van der Waals surface area contributed by atoms with Gasteiger partial charge in [-0.2, -0.15) is 0 Å². The number of rotatable bonds is 5. The molecule has 0 radical (unpaired) electrons. The highest BCUT2D eigenvalue weighted by Crippen LogP contribution is 2.29. The highest BCUT2D eigenvalue weighted by Gasteiger charge is 2.21. The second kappa shape index (κ2) is 5.17. The second-order valence-corrected chi connectivity index (χ2v) is 5.77. The van der Waals surface area contributed by atoms with Gasteiger partial charge in [-0.3, -0.25) is 4.21 Å². The smallest absolute Gasteiger partial charge is 0.126 e. The Morgan fingerprint density at radius 1 is 1.50 bits per heavy atom. The number of halogens is 1. The van der Waals surface area contributed by atoms with Crippen LogP contribution >= 0.6 is 11.6 Å². The molecule has 1 aromatic carbocycles. The summed E-state index contributed by atoms with van der Waals surface area (Å²) >= 11 is 5.85. The minimum Gasteiger partial charge on any atom is -0.398 e. The van der Waals surface area contributed by atoms with Crippen LogP contribution in [-0.2, 0) is 15.5 Å². The van der Waals surface area contributed by atoms with E-state index in [0.29, 0.717) is 28.1 Å². The molecular weight excluding hydrogens is 246 g/mol. The maximum Gasteiger partial charge on any atom is 0.126 e. The molecule has 0 aliphatic heterocycles. The predicted octanol–water partition coefficient (Wildman–Crippen LogP) is 2.41. The summed E-state index contributed by atoms with van der Waals surface area (Å²) in [4.78, 5) is 0.662. The van der Waals surface area contributed by atoms with Gasteiger partial charge in [-0.25, -0.2) is 0 Å². The van der Waals surface area contributed by atoms with Gasteiger partial charge in [-0.15, -0.1) is 0 Å². The number of nitrogens with two attached hydrogens (primary N) is 1. The molecule has 5 heteroatoms. The van der Waals surface area contributed by atoms with Crippen molar-refractivity contribution in [1.29, 1.82) is 0 Å². The maximum atomic E-state index is 11.8. The third kappa shape index (κ3) is 3.20. The molecule has 0 heterocycles. The number of hydrogen-bond donors (Lipinski definition) is 1. The first-order valence-electron chi connectivity index (χ1n) is 5.18. The van der Waals surface area contributed by atoms with Crippen LogP contribution in [0.5, 0.6) is 0 Å². The molecule has 1 atom stereocenters. The first-order chi connectivity index (χ1) is 7.66. The summed E-state index contributed by atoms with van der Waals surface area (Å²) in [7, 11) is -1.15. The molecule has 2 N–H and O–H groups in total. The highest BCUT2D eigenvalue weighted by atomic mass is 35.5. The Kier molecular flexibility index (Phi) is 3.84. The lowest BCUT2D eigenvalue weighted by Gasteiger charge is -2.05. The summed E-state index contributed by atoms with van der Waals surface area (Å²) in [5.41, 5.74) is 6.08. The van der Waals surface area contributed by atoms with Gasteiger partial charge in [0.25, 0.3) is 0 Å². The summed E-state index contributed by atoms with van der Waals surface area (Å²) < 4.78 is 17.2. The van der Waals surface area contributed by atoms with E-state index in [-0.39, 0.29) is 5.94 Å². The SMILES string of the molecule is Nc1ccc(S(=O)COCC2CC2)cc1Cl. The number of anilines is 1. The maximum absolute atomic E-state index is 11.8. The zero-order chi connectivity index (χ0) is 11.5. The molecule has 0 bridgehead atoms. The van der Waals surface area contributed by atoms with Crippen molar-refractivity contribution in [3.63, 3.8) is 0 Å². The third-order valence-electron chi connectivity index (χ3n) is 2.48. The van der Waals surface area contributed by atoms with Crippen LogP contribution in [0.3, 0.4) is 0 Å². The van der Waals surface area contributed by atoms with Crippen LogP contribution in [0.4, 0.5) is 5.69 Å². The van der Waals surface area contributed by atoms with E-state index in [1.807, 2.05) is 0 Å². The lowest BCUT2D eigenvalue weighted by atomic mass is 10.3. The van der Waals surface area contributed by atoms with Crippen molar-refractivity contribution in [3.05, 3.63) is 23.2 Å². The van der Waals surface area contributed by atoms with Crippen molar-refractivity contribution >= 4 is 28.1 Å². The fourth-order valence-corrected chi connectivity index (χ4v) is 2.39. The molecule has 16 heavy (non-hydrogen) atoms. The Hall–Kier alpha value is -0.580. The van der Waals surface area contributed by atoms with Gasteiger partial charge in [0.15, 0.2) is 0 Å². The normalized spacial score (nSPS) is 17.3. The minimum atomic E-state index is -1.15. The predicted molar refractivity (Wildman–Crippen MR) is 65.8 cm³/mol. The van der Waals surface area contributed by atoms with Crippen molar-refractivity contribution in [2.75, 3.05) is 18.3 Å². The van der Waals surface area contributed by atoms with Crippen molar-refractivity contribution in [2.24, 2.45) is 5.92 Å². The summed E-state index contributed by atoms with van der Waals surface area (Å²) in [5.74, 6) is 0.920. The molecule has 0 aromatic heterocycles. The molecule has 1 fully saturated rings. The Balaban J connectivity index is 1.88. The molecule has 0 spiro atoms. The third-order valence-corrected chi connectivity index (χ3v) is 3.96. The van der Waals surface area contributed by atoms with Crippen LogP contribution in [0.2, 0.25) is 5.02 Å². The molecule has 2 rings (SSSR count). The van der Waals surface area contributed by atoms with Crippen LogP contribution in [0.25, 0.3) is 0 Å². The lowest BCUT2D eigenvalue weighted by Crippen LogP contribution is -2.05. The van der Waals surface area contributed by atoms with Gasteiger partial charge in [-0.05, 0) is 37.0 Å². The van der Waals surface area contributed by atoms with Crippen LogP contribution in [0, 0.1) is 5.92 Å². The average molecular weight is 260 g/mol. The zero-order valence-corrected chi connectivity index (χ0v) is 10.4. The van der Waals surface area contributed by atoms with Crippen LogP contribution < -0.4 is 5.73 Å². The number of hydrogen-bond acceptors (Lipinski definition) is 3. The van der Waals surface area contributed by atoms with Crippen LogP contribution in [0.15, 0.2) is 23.1 Å². The molecule has 0 saturated heterocycles. The van der Waals surface area contributed by atoms with E-state index >= 15 is 0 Å².